The van der Waals surface area contributed by atoms with Crippen molar-refractivity contribution in [1.29, 1.82) is 5.26 Å². The van der Waals surface area contributed by atoms with Crippen LogP contribution in [0.4, 0.5) is 5.69 Å². The number of nitrogens with zero attached hydrogens (tertiary/aromatic N) is 1. The summed E-state index contributed by atoms with van der Waals surface area (Å²) in [6.07, 6.45) is 1.22. The molecule has 2 amide bonds. The van der Waals surface area contributed by atoms with Crippen molar-refractivity contribution >= 4 is 84.2 Å². The summed E-state index contributed by atoms with van der Waals surface area (Å²) in [5.74, 6) is -1.33. The zero-order chi connectivity index (χ0) is 22.6. The Hall–Kier alpha value is -1.30. The van der Waals surface area contributed by atoms with Gasteiger partial charge in [0.15, 0.2) is 0 Å². The van der Waals surface area contributed by atoms with Gasteiger partial charge < -0.3 is 10.6 Å². The lowest BCUT2D eigenvalue weighted by molar-refractivity contribution is -0.117. The van der Waals surface area contributed by atoms with Crippen molar-refractivity contribution in [3.05, 3.63) is 62.6 Å². The quantitative estimate of drug-likeness (QED) is 0.394. The molecule has 0 aromatic heterocycles. The summed E-state index contributed by atoms with van der Waals surface area (Å²) < 4.78 is -0.643. The van der Waals surface area contributed by atoms with Crippen molar-refractivity contribution in [2.24, 2.45) is 5.92 Å². The number of benzene rings is 2. The summed E-state index contributed by atoms with van der Waals surface area (Å²) in [7, 11) is 0. The lowest BCUT2D eigenvalue weighted by Gasteiger charge is -2.12. The van der Waals surface area contributed by atoms with Gasteiger partial charge in [-0.25, -0.2) is 0 Å². The fraction of sp³-hybridized carbons (Fsp3) is 0.286. The Bertz CT molecular complexity index is 1120. The SMILES string of the molecule is N#CC1(NC(=O)c2cc(NC(=O)[C@@H]3[C@@H](c4cc(Cl)cc(Cl)c4)C3(Br)Br)ccc2Cl)CC1. The molecule has 2 aromatic rings. The number of hydrogen-bond donors (Lipinski definition) is 2. The second kappa shape index (κ2) is 8.24. The predicted octanol–water partition coefficient (Wildman–Crippen LogP) is 6.27. The minimum absolute atomic E-state index is 0.191. The van der Waals surface area contributed by atoms with Crippen LogP contribution < -0.4 is 10.6 Å². The second-order valence-electron chi connectivity index (χ2n) is 7.66. The van der Waals surface area contributed by atoms with Gasteiger partial charge in [0.2, 0.25) is 5.91 Å². The first kappa shape index (κ1) is 22.9. The Kier molecular flexibility index (Phi) is 6.08. The maximum atomic E-state index is 13.0. The van der Waals surface area contributed by atoms with E-state index in [1.807, 2.05) is 0 Å². The van der Waals surface area contributed by atoms with E-state index in [4.69, 9.17) is 34.8 Å². The Labute approximate surface area is 210 Å². The van der Waals surface area contributed by atoms with Gasteiger partial charge in [-0.3, -0.25) is 9.59 Å². The van der Waals surface area contributed by atoms with Crippen LogP contribution in [0, 0.1) is 17.2 Å². The largest absolute Gasteiger partial charge is 0.334 e. The molecule has 10 heteroatoms. The van der Waals surface area contributed by atoms with E-state index in [0.717, 1.165) is 5.56 Å². The van der Waals surface area contributed by atoms with Gasteiger partial charge in [0.1, 0.15) is 8.77 Å². The molecule has 4 rings (SSSR count). The highest BCUT2D eigenvalue weighted by Gasteiger charge is 2.66. The fourth-order valence-electron chi connectivity index (χ4n) is 3.49. The van der Waals surface area contributed by atoms with Crippen molar-refractivity contribution < 1.29 is 9.59 Å². The zero-order valence-electron chi connectivity index (χ0n) is 15.7. The first-order valence-electron chi connectivity index (χ1n) is 9.24. The van der Waals surface area contributed by atoms with Crippen LogP contribution in [0.25, 0.3) is 0 Å². The number of hydrogen-bond acceptors (Lipinski definition) is 3. The summed E-state index contributed by atoms with van der Waals surface area (Å²) >= 11 is 25.5. The van der Waals surface area contributed by atoms with Crippen LogP contribution in [-0.2, 0) is 4.79 Å². The Balaban J connectivity index is 1.51. The average molecular weight is 607 g/mol. The average Bonchev–Trinajstić information content (AvgIpc) is 3.57. The predicted molar refractivity (Wildman–Crippen MR) is 128 cm³/mol. The standard InChI is InChI=1S/C21H14Br2Cl3N3O2/c22-21(23)16(10-5-11(24)7-12(25)6-10)17(21)19(31)28-13-1-2-15(26)14(8-13)18(30)29-20(9-27)3-4-20/h1-2,5-8,16-17H,3-4H2,(H,28,31)(H,29,30)/t16-,17+/m1/s1. The van der Waals surface area contributed by atoms with Crippen LogP contribution in [0.3, 0.4) is 0 Å². The van der Waals surface area contributed by atoms with E-state index in [2.05, 4.69) is 48.6 Å². The van der Waals surface area contributed by atoms with Gasteiger partial charge in [-0.2, -0.15) is 5.26 Å². The van der Waals surface area contributed by atoms with E-state index >= 15 is 0 Å². The smallest absolute Gasteiger partial charge is 0.254 e. The Morgan fingerprint density at radius 2 is 1.71 bits per heavy atom. The molecule has 0 heterocycles. The van der Waals surface area contributed by atoms with E-state index in [-0.39, 0.29) is 22.4 Å². The molecule has 2 aliphatic carbocycles. The number of carbonyl (C=O) groups is 2. The van der Waals surface area contributed by atoms with Gasteiger partial charge in [0.25, 0.3) is 5.91 Å². The molecule has 2 atom stereocenters. The summed E-state index contributed by atoms with van der Waals surface area (Å²) in [6.45, 7) is 0. The Morgan fingerprint density at radius 1 is 1.06 bits per heavy atom. The van der Waals surface area contributed by atoms with E-state index in [1.54, 1.807) is 24.3 Å². The highest BCUT2D eigenvalue weighted by atomic mass is 79.9. The van der Waals surface area contributed by atoms with Crippen LogP contribution in [0.5, 0.6) is 0 Å². The molecule has 2 fully saturated rings. The third-order valence-corrected chi connectivity index (χ3v) is 8.11. The summed E-state index contributed by atoms with van der Waals surface area (Å²) in [4.78, 5) is 25.6. The molecule has 0 radical (unpaired) electrons. The lowest BCUT2D eigenvalue weighted by atomic mass is 10.1. The molecular formula is C21H14Br2Cl3N3O2. The second-order valence-corrected chi connectivity index (χ2v) is 12.6. The van der Waals surface area contributed by atoms with Crippen LogP contribution >= 0.6 is 66.7 Å². The van der Waals surface area contributed by atoms with E-state index < -0.39 is 20.6 Å². The summed E-state index contributed by atoms with van der Waals surface area (Å²) in [5, 5.41) is 15.9. The highest BCUT2D eigenvalue weighted by molar-refractivity contribution is 9.25. The van der Waals surface area contributed by atoms with Crippen molar-refractivity contribution in [2.75, 3.05) is 5.32 Å². The highest BCUT2D eigenvalue weighted by Crippen LogP contribution is 2.67. The normalized spacial score (nSPS) is 22.2. The minimum Gasteiger partial charge on any atom is -0.334 e. The van der Waals surface area contributed by atoms with Gasteiger partial charge in [-0.1, -0.05) is 66.7 Å². The van der Waals surface area contributed by atoms with E-state index in [9.17, 15) is 14.9 Å². The number of nitriles is 1. The van der Waals surface area contributed by atoms with Gasteiger partial charge >= 0.3 is 0 Å². The van der Waals surface area contributed by atoms with Crippen LogP contribution in [-0.4, -0.2) is 20.6 Å². The van der Waals surface area contributed by atoms with Crippen molar-refractivity contribution in [2.45, 2.75) is 27.5 Å². The third-order valence-electron chi connectivity index (χ3n) is 5.38. The maximum Gasteiger partial charge on any atom is 0.254 e. The molecule has 31 heavy (non-hydrogen) atoms. The number of halogens is 5. The molecule has 0 spiro atoms. The molecule has 5 nitrogen and oxygen atoms in total. The van der Waals surface area contributed by atoms with Gasteiger partial charge in [0.05, 0.1) is 22.6 Å². The molecule has 0 bridgehead atoms. The van der Waals surface area contributed by atoms with Crippen LogP contribution in [0.15, 0.2) is 36.4 Å². The summed E-state index contributed by atoms with van der Waals surface area (Å²) in [5.41, 5.74) is 0.629. The number of amides is 2. The molecule has 2 N–H and O–H groups in total. The molecule has 0 aliphatic heterocycles. The molecular weight excluding hydrogens is 592 g/mol. The Morgan fingerprint density at radius 3 is 2.29 bits per heavy atom. The van der Waals surface area contributed by atoms with Crippen molar-refractivity contribution in [3.63, 3.8) is 0 Å². The van der Waals surface area contributed by atoms with Gasteiger partial charge in [0, 0.05) is 21.7 Å². The molecule has 2 aliphatic rings. The molecule has 0 saturated heterocycles. The number of nitrogens with one attached hydrogen (secondary N) is 2. The molecule has 2 aromatic carbocycles. The van der Waals surface area contributed by atoms with Gasteiger partial charge in [-0.05, 0) is 54.8 Å². The van der Waals surface area contributed by atoms with E-state index in [1.165, 1.54) is 12.1 Å². The minimum atomic E-state index is -0.815. The maximum absolute atomic E-state index is 13.0. The first-order valence-corrected chi connectivity index (χ1v) is 12.0. The zero-order valence-corrected chi connectivity index (χ0v) is 21.1. The number of alkyl halides is 2. The van der Waals surface area contributed by atoms with Crippen LogP contribution in [0.1, 0.15) is 34.7 Å². The number of carbonyl (C=O) groups excluding carboxylic acids is 2. The fourth-order valence-corrected chi connectivity index (χ4v) is 5.98. The lowest BCUT2D eigenvalue weighted by Crippen LogP contribution is -2.35. The first-order chi connectivity index (χ1) is 14.6. The van der Waals surface area contributed by atoms with Crippen LogP contribution in [0.2, 0.25) is 15.1 Å². The number of rotatable bonds is 5. The van der Waals surface area contributed by atoms with Gasteiger partial charge in [-0.15, -0.1) is 0 Å². The monoisotopic (exact) mass is 603 g/mol. The topological polar surface area (TPSA) is 82.0 Å². The molecule has 160 valence electrons. The van der Waals surface area contributed by atoms with E-state index in [0.29, 0.717) is 28.6 Å². The molecule has 0 unspecified atom stereocenters. The third kappa shape index (κ3) is 4.60. The molecule has 2 saturated carbocycles. The van der Waals surface area contributed by atoms with Crippen molar-refractivity contribution in [1.82, 2.24) is 5.32 Å². The number of anilines is 1. The van der Waals surface area contributed by atoms with Crippen molar-refractivity contribution in [3.8, 4) is 6.07 Å². The summed E-state index contributed by atoms with van der Waals surface area (Å²) in [6, 6.07) is 11.9.